The molecule has 110 valence electrons. The number of amides is 2. The van der Waals surface area contributed by atoms with Crippen LogP contribution in [0.25, 0.3) is 0 Å². The third kappa shape index (κ3) is 3.22. The second-order valence-electron chi connectivity index (χ2n) is 5.06. The fourth-order valence-electron chi connectivity index (χ4n) is 2.55. The Bertz CT molecular complexity index is 550. The Kier molecular flexibility index (Phi) is 4.94. The van der Waals surface area contributed by atoms with E-state index in [1.165, 1.54) is 4.90 Å². The summed E-state index contributed by atoms with van der Waals surface area (Å²) in [5.74, 6) is -0.758. The first-order valence-corrected chi connectivity index (χ1v) is 7.10. The maximum absolute atomic E-state index is 12.6. The molecule has 2 amide bonds. The summed E-state index contributed by atoms with van der Waals surface area (Å²) in [7, 11) is 0. The van der Waals surface area contributed by atoms with Gasteiger partial charge in [-0.3, -0.25) is 4.79 Å². The smallest absolute Gasteiger partial charge is 0.417 e. The average molecular weight is 286 g/mol. The molecular weight excluding hydrogens is 268 g/mol. The minimum absolute atomic E-state index is 0.123. The third-order valence-electron chi connectivity index (χ3n) is 3.62. The standard InChI is InChI=1S/C16H18N2O3/c1-2-6-13(9-10-17)15(19)18-14(11-21-16(18)20)12-7-4-3-5-8-12/h3-5,7-8,13-14H,2,6,9,11H2,1H3/t13-,14-/m1/s1. The van der Waals surface area contributed by atoms with Crippen molar-refractivity contribution in [1.82, 2.24) is 4.90 Å². The summed E-state index contributed by atoms with van der Waals surface area (Å²) in [4.78, 5) is 25.7. The number of ether oxygens (including phenoxy) is 1. The molecule has 5 nitrogen and oxygen atoms in total. The van der Waals surface area contributed by atoms with E-state index in [0.29, 0.717) is 6.42 Å². The SMILES string of the molecule is CCC[C@H](CC#N)C(=O)N1C(=O)OC[C@@H]1c1ccccc1. The van der Waals surface area contributed by atoms with Crippen molar-refractivity contribution in [3.63, 3.8) is 0 Å². The van der Waals surface area contributed by atoms with Gasteiger partial charge in [0, 0.05) is 6.42 Å². The first kappa shape index (κ1) is 15.0. The predicted octanol–water partition coefficient (Wildman–Crippen LogP) is 3.04. The molecule has 2 rings (SSSR count). The highest BCUT2D eigenvalue weighted by Gasteiger charge is 2.41. The van der Waals surface area contributed by atoms with Crippen LogP contribution < -0.4 is 0 Å². The molecule has 1 aliphatic heterocycles. The molecule has 0 bridgehead atoms. The lowest BCUT2D eigenvalue weighted by molar-refractivity contribution is -0.133. The van der Waals surface area contributed by atoms with Crippen LogP contribution in [-0.4, -0.2) is 23.5 Å². The Balaban J connectivity index is 2.24. The molecule has 1 aromatic rings. The number of imide groups is 1. The summed E-state index contributed by atoms with van der Waals surface area (Å²) < 4.78 is 5.04. The topological polar surface area (TPSA) is 70.4 Å². The molecule has 0 aromatic heterocycles. The first-order valence-electron chi connectivity index (χ1n) is 7.10. The van der Waals surface area contributed by atoms with Crippen molar-refractivity contribution in [2.24, 2.45) is 5.92 Å². The molecule has 21 heavy (non-hydrogen) atoms. The van der Waals surface area contributed by atoms with Gasteiger partial charge in [0.2, 0.25) is 5.91 Å². The molecule has 5 heteroatoms. The van der Waals surface area contributed by atoms with E-state index in [0.717, 1.165) is 12.0 Å². The quantitative estimate of drug-likeness (QED) is 0.834. The van der Waals surface area contributed by atoms with Crippen LogP contribution in [0.2, 0.25) is 0 Å². The summed E-state index contributed by atoms with van der Waals surface area (Å²) in [6.45, 7) is 2.12. The van der Waals surface area contributed by atoms with Gasteiger partial charge in [-0.2, -0.15) is 5.26 Å². The second kappa shape index (κ2) is 6.89. The summed E-state index contributed by atoms with van der Waals surface area (Å²) in [5.41, 5.74) is 0.865. The number of hydrogen-bond acceptors (Lipinski definition) is 4. The molecule has 1 heterocycles. The van der Waals surface area contributed by atoms with E-state index < -0.39 is 18.1 Å². The molecule has 0 saturated carbocycles. The zero-order chi connectivity index (χ0) is 15.2. The summed E-state index contributed by atoms with van der Waals surface area (Å²) in [5, 5.41) is 8.87. The van der Waals surface area contributed by atoms with Crippen LogP contribution in [0.3, 0.4) is 0 Å². The van der Waals surface area contributed by atoms with Crippen LogP contribution in [0, 0.1) is 17.2 Å². The maximum atomic E-state index is 12.6. The van der Waals surface area contributed by atoms with Gasteiger partial charge in [-0.1, -0.05) is 43.7 Å². The fourth-order valence-corrected chi connectivity index (χ4v) is 2.55. The van der Waals surface area contributed by atoms with E-state index in [1.807, 2.05) is 43.3 Å². The van der Waals surface area contributed by atoms with Gasteiger partial charge in [0.1, 0.15) is 12.6 Å². The Morgan fingerprint density at radius 3 is 2.81 bits per heavy atom. The number of benzene rings is 1. The summed E-state index contributed by atoms with van der Waals surface area (Å²) in [6.07, 6.45) is 0.889. The fraction of sp³-hybridized carbons (Fsp3) is 0.438. The molecular formula is C16H18N2O3. The van der Waals surface area contributed by atoms with Crippen molar-refractivity contribution < 1.29 is 14.3 Å². The number of rotatable bonds is 5. The van der Waals surface area contributed by atoms with Crippen LogP contribution >= 0.6 is 0 Å². The number of cyclic esters (lactones) is 1. The van der Waals surface area contributed by atoms with Crippen molar-refractivity contribution >= 4 is 12.0 Å². The summed E-state index contributed by atoms with van der Waals surface area (Å²) >= 11 is 0. The van der Waals surface area contributed by atoms with Gasteiger partial charge in [0.25, 0.3) is 0 Å². The number of carbonyl (C=O) groups is 2. The molecule has 1 saturated heterocycles. The van der Waals surface area contributed by atoms with Crippen LogP contribution in [-0.2, 0) is 9.53 Å². The average Bonchev–Trinajstić information content (AvgIpc) is 2.89. The molecule has 1 aromatic carbocycles. The molecule has 1 aliphatic rings. The van der Waals surface area contributed by atoms with Crippen molar-refractivity contribution in [3.05, 3.63) is 35.9 Å². The van der Waals surface area contributed by atoms with Gasteiger partial charge in [0.15, 0.2) is 0 Å². The van der Waals surface area contributed by atoms with Crippen LogP contribution in [0.15, 0.2) is 30.3 Å². The Morgan fingerprint density at radius 1 is 1.48 bits per heavy atom. The lowest BCUT2D eigenvalue weighted by Crippen LogP contribution is -2.38. The molecule has 2 atom stereocenters. The van der Waals surface area contributed by atoms with Crippen molar-refractivity contribution in [2.75, 3.05) is 6.61 Å². The van der Waals surface area contributed by atoms with Crippen LogP contribution in [0.5, 0.6) is 0 Å². The first-order chi connectivity index (χ1) is 10.2. The van der Waals surface area contributed by atoms with E-state index >= 15 is 0 Å². The maximum Gasteiger partial charge on any atom is 0.417 e. The van der Waals surface area contributed by atoms with E-state index in [9.17, 15) is 9.59 Å². The largest absolute Gasteiger partial charge is 0.446 e. The van der Waals surface area contributed by atoms with Gasteiger partial charge >= 0.3 is 6.09 Å². The van der Waals surface area contributed by atoms with Crippen molar-refractivity contribution in [1.29, 1.82) is 5.26 Å². The molecule has 0 radical (unpaired) electrons. The van der Waals surface area contributed by atoms with E-state index in [-0.39, 0.29) is 18.9 Å². The number of hydrogen-bond donors (Lipinski definition) is 0. The third-order valence-corrected chi connectivity index (χ3v) is 3.62. The van der Waals surface area contributed by atoms with Crippen molar-refractivity contribution in [2.45, 2.75) is 32.2 Å². The van der Waals surface area contributed by atoms with E-state index in [2.05, 4.69) is 0 Å². The highest BCUT2D eigenvalue weighted by atomic mass is 16.6. The van der Waals surface area contributed by atoms with Crippen LogP contribution in [0.4, 0.5) is 4.79 Å². The molecule has 0 spiro atoms. The minimum atomic E-state index is -0.618. The van der Waals surface area contributed by atoms with Gasteiger partial charge in [0.05, 0.1) is 12.0 Å². The normalized spacial score (nSPS) is 19.0. The Labute approximate surface area is 124 Å². The lowest BCUT2D eigenvalue weighted by atomic mass is 9.97. The van der Waals surface area contributed by atoms with E-state index in [4.69, 9.17) is 10.00 Å². The van der Waals surface area contributed by atoms with Crippen LogP contribution in [0.1, 0.15) is 37.8 Å². The molecule has 0 unspecified atom stereocenters. The lowest BCUT2D eigenvalue weighted by Gasteiger charge is -2.23. The highest BCUT2D eigenvalue weighted by molar-refractivity contribution is 5.95. The second-order valence-corrected chi connectivity index (χ2v) is 5.06. The highest BCUT2D eigenvalue weighted by Crippen LogP contribution is 2.30. The van der Waals surface area contributed by atoms with Gasteiger partial charge < -0.3 is 4.74 Å². The minimum Gasteiger partial charge on any atom is -0.446 e. The van der Waals surface area contributed by atoms with Crippen molar-refractivity contribution in [3.8, 4) is 6.07 Å². The molecule has 0 aliphatic carbocycles. The summed E-state index contributed by atoms with van der Waals surface area (Å²) in [6, 6.07) is 11.0. The zero-order valence-corrected chi connectivity index (χ0v) is 12.0. The number of nitrogens with zero attached hydrogens (tertiary/aromatic N) is 2. The van der Waals surface area contributed by atoms with Gasteiger partial charge in [-0.25, -0.2) is 9.69 Å². The number of nitriles is 1. The number of carbonyl (C=O) groups excluding carboxylic acids is 2. The zero-order valence-electron chi connectivity index (χ0n) is 12.0. The van der Waals surface area contributed by atoms with Gasteiger partial charge in [-0.05, 0) is 12.0 Å². The Hall–Kier alpha value is -2.35. The van der Waals surface area contributed by atoms with E-state index in [1.54, 1.807) is 0 Å². The predicted molar refractivity (Wildman–Crippen MR) is 76.0 cm³/mol. The van der Waals surface area contributed by atoms with Gasteiger partial charge in [-0.15, -0.1) is 0 Å². The molecule has 1 fully saturated rings. The Morgan fingerprint density at radius 2 is 2.19 bits per heavy atom. The molecule has 0 N–H and O–H groups in total. The monoisotopic (exact) mass is 286 g/mol.